The molecular weight excluding hydrogens is 443 g/mol. The summed E-state index contributed by atoms with van der Waals surface area (Å²) in [5.41, 5.74) is 1.68. The minimum Gasteiger partial charge on any atom is -0.330 e. The minimum absolute atomic E-state index is 0.205. The van der Waals surface area contributed by atoms with E-state index in [-0.39, 0.29) is 16.0 Å². The van der Waals surface area contributed by atoms with Gasteiger partial charge in [0.2, 0.25) is 0 Å². The van der Waals surface area contributed by atoms with Crippen molar-refractivity contribution < 1.29 is 4.79 Å². The monoisotopic (exact) mass is 456 g/mol. The molecule has 0 spiro atoms. The van der Waals surface area contributed by atoms with E-state index in [1.54, 1.807) is 54.1 Å². The topological polar surface area (TPSA) is 51.1 Å². The highest BCUT2D eigenvalue weighted by Crippen LogP contribution is 2.31. The molecule has 7 heteroatoms. The quantitative estimate of drug-likeness (QED) is 0.386. The number of fused-ring (bicyclic) bond motifs is 1. The van der Waals surface area contributed by atoms with E-state index in [1.165, 1.54) is 12.1 Å². The Morgan fingerprint density at radius 3 is 2.37 bits per heavy atom. The highest BCUT2D eigenvalue weighted by molar-refractivity contribution is 6.37. The molecule has 0 unspecified atom stereocenters. The van der Waals surface area contributed by atoms with Gasteiger partial charge in [0.1, 0.15) is 5.82 Å². The number of hydrogen-bond acceptors (Lipinski definition) is 2. The van der Waals surface area contributed by atoms with E-state index in [2.05, 4.69) is 5.32 Å². The molecule has 1 heterocycles. The Balaban J connectivity index is 1.96. The van der Waals surface area contributed by atoms with E-state index in [9.17, 15) is 9.59 Å². The van der Waals surface area contributed by atoms with Gasteiger partial charge in [-0.05, 0) is 48.0 Å². The van der Waals surface area contributed by atoms with Crippen LogP contribution < -0.4 is 10.7 Å². The number of benzene rings is 3. The molecule has 30 heavy (non-hydrogen) atoms. The average Bonchev–Trinajstić information content (AvgIpc) is 2.72. The molecule has 0 aliphatic rings. The van der Waals surface area contributed by atoms with Crippen molar-refractivity contribution in [2.24, 2.45) is 7.05 Å². The molecule has 3 aromatic carbocycles. The first-order valence-electron chi connectivity index (χ1n) is 9.01. The van der Waals surface area contributed by atoms with Crippen LogP contribution in [0, 0.1) is 0 Å². The fourth-order valence-corrected chi connectivity index (χ4v) is 4.08. The Labute approximate surface area is 187 Å². The summed E-state index contributed by atoms with van der Waals surface area (Å²) in [6, 6.07) is 18.8. The zero-order valence-electron chi connectivity index (χ0n) is 15.7. The Morgan fingerprint density at radius 1 is 0.900 bits per heavy atom. The molecular formula is C23H15Cl3N2O2. The molecule has 0 radical (unpaired) electrons. The van der Waals surface area contributed by atoms with Crippen LogP contribution in [-0.4, -0.2) is 10.5 Å². The Hall–Kier alpha value is -2.79. The van der Waals surface area contributed by atoms with Gasteiger partial charge in [0.25, 0.3) is 5.91 Å². The molecule has 4 rings (SSSR count). The summed E-state index contributed by atoms with van der Waals surface area (Å²) in [4.78, 5) is 26.4. The van der Waals surface area contributed by atoms with Crippen LogP contribution in [0.5, 0.6) is 0 Å². The molecule has 150 valence electrons. The number of carbonyl (C=O) groups is 1. The van der Waals surface area contributed by atoms with Gasteiger partial charge < -0.3 is 9.88 Å². The van der Waals surface area contributed by atoms with Crippen LogP contribution in [-0.2, 0) is 7.05 Å². The van der Waals surface area contributed by atoms with E-state index in [0.29, 0.717) is 37.9 Å². The number of hydrogen-bond donors (Lipinski definition) is 1. The Morgan fingerprint density at radius 2 is 1.63 bits per heavy atom. The van der Waals surface area contributed by atoms with Gasteiger partial charge in [-0.1, -0.05) is 59.1 Å². The predicted molar refractivity (Wildman–Crippen MR) is 124 cm³/mol. The standard InChI is InChI=1S/C23H15Cl3N2O2/c1-28-19-8-3-2-7-17(19)21(29)20(13-5-4-6-14(24)11-13)22(28)27-23(30)16-10-9-15(25)12-18(16)26/h2-12H,1H3,(H,27,30). The third-order valence-corrected chi connectivity index (χ3v) is 5.61. The summed E-state index contributed by atoms with van der Waals surface area (Å²) < 4.78 is 1.77. The smallest absolute Gasteiger partial charge is 0.258 e. The molecule has 1 amide bonds. The fraction of sp³-hybridized carbons (Fsp3) is 0.0435. The van der Waals surface area contributed by atoms with E-state index < -0.39 is 5.91 Å². The lowest BCUT2D eigenvalue weighted by Gasteiger charge is -2.18. The number of pyridine rings is 1. The van der Waals surface area contributed by atoms with Gasteiger partial charge in [-0.2, -0.15) is 0 Å². The van der Waals surface area contributed by atoms with Crippen molar-refractivity contribution in [3.63, 3.8) is 0 Å². The number of carbonyl (C=O) groups excluding carboxylic acids is 1. The number of para-hydroxylation sites is 1. The van der Waals surface area contributed by atoms with E-state index in [1.807, 2.05) is 12.1 Å². The SMILES string of the molecule is Cn1c(NC(=O)c2ccc(Cl)cc2Cl)c(-c2cccc(Cl)c2)c(=O)c2ccccc21. The fourth-order valence-electron chi connectivity index (χ4n) is 3.40. The zero-order chi connectivity index (χ0) is 21.4. The first-order valence-corrected chi connectivity index (χ1v) is 10.1. The third kappa shape index (κ3) is 3.70. The van der Waals surface area contributed by atoms with Crippen LogP contribution in [0.2, 0.25) is 15.1 Å². The normalized spacial score (nSPS) is 10.9. The lowest BCUT2D eigenvalue weighted by Crippen LogP contribution is -2.21. The molecule has 1 aromatic heterocycles. The van der Waals surface area contributed by atoms with Gasteiger partial charge in [0.15, 0.2) is 5.43 Å². The Kier molecular flexibility index (Phi) is 5.56. The number of nitrogens with zero attached hydrogens (tertiary/aromatic N) is 1. The lowest BCUT2D eigenvalue weighted by atomic mass is 10.0. The number of nitrogens with one attached hydrogen (secondary N) is 1. The van der Waals surface area contributed by atoms with Crippen molar-refractivity contribution in [3.8, 4) is 11.1 Å². The second-order valence-corrected chi connectivity index (χ2v) is 8.00. The van der Waals surface area contributed by atoms with Crippen LogP contribution in [0.25, 0.3) is 22.0 Å². The summed E-state index contributed by atoms with van der Waals surface area (Å²) in [5.74, 6) is -0.109. The highest BCUT2D eigenvalue weighted by atomic mass is 35.5. The van der Waals surface area contributed by atoms with Crippen molar-refractivity contribution in [2.45, 2.75) is 0 Å². The van der Waals surface area contributed by atoms with Crippen molar-refractivity contribution in [3.05, 3.63) is 97.6 Å². The molecule has 1 N–H and O–H groups in total. The van der Waals surface area contributed by atoms with Gasteiger partial charge in [-0.25, -0.2) is 0 Å². The molecule has 0 bridgehead atoms. The number of aryl methyl sites for hydroxylation is 1. The van der Waals surface area contributed by atoms with Gasteiger partial charge in [-0.15, -0.1) is 0 Å². The minimum atomic E-state index is -0.453. The van der Waals surface area contributed by atoms with Crippen molar-refractivity contribution >= 4 is 57.4 Å². The van der Waals surface area contributed by atoms with E-state index >= 15 is 0 Å². The molecule has 4 nitrogen and oxygen atoms in total. The number of anilines is 1. The summed E-state index contributed by atoms with van der Waals surface area (Å²) in [7, 11) is 1.79. The third-order valence-electron chi connectivity index (χ3n) is 4.83. The van der Waals surface area contributed by atoms with Crippen LogP contribution in [0.3, 0.4) is 0 Å². The lowest BCUT2D eigenvalue weighted by molar-refractivity contribution is 0.102. The van der Waals surface area contributed by atoms with Crippen LogP contribution in [0.15, 0.2) is 71.5 Å². The molecule has 0 fully saturated rings. The van der Waals surface area contributed by atoms with Crippen molar-refractivity contribution in [2.75, 3.05) is 5.32 Å². The molecule has 0 saturated carbocycles. The van der Waals surface area contributed by atoms with Gasteiger partial charge in [-0.3, -0.25) is 9.59 Å². The number of halogens is 3. The number of amides is 1. The van der Waals surface area contributed by atoms with Crippen LogP contribution in [0.1, 0.15) is 10.4 Å². The van der Waals surface area contributed by atoms with Crippen molar-refractivity contribution in [1.82, 2.24) is 4.57 Å². The second kappa shape index (κ2) is 8.15. The predicted octanol–water partition coefficient (Wildman–Crippen LogP) is 6.42. The maximum atomic E-state index is 13.4. The van der Waals surface area contributed by atoms with Gasteiger partial charge in [0.05, 0.1) is 21.7 Å². The van der Waals surface area contributed by atoms with Gasteiger partial charge >= 0.3 is 0 Å². The molecule has 0 aliphatic carbocycles. The first kappa shape index (κ1) is 20.5. The average molecular weight is 458 g/mol. The van der Waals surface area contributed by atoms with Crippen LogP contribution in [0.4, 0.5) is 5.82 Å². The maximum Gasteiger partial charge on any atom is 0.258 e. The summed E-state index contributed by atoms with van der Waals surface area (Å²) in [6.07, 6.45) is 0. The largest absolute Gasteiger partial charge is 0.330 e. The van der Waals surface area contributed by atoms with Crippen molar-refractivity contribution in [1.29, 1.82) is 0 Å². The number of aromatic nitrogens is 1. The first-order chi connectivity index (χ1) is 14.4. The highest BCUT2D eigenvalue weighted by Gasteiger charge is 2.20. The molecule has 0 saturated heterocycles. The van der Waals surface area contributed by atoms with E-state index in [0.717, 1.165) is 0 Å². The summed E-state index contributed by atoms with van der Waals surface area (Å²) >= 11 is 18.3. The number of rotatable bonds is 3. The summed E-state index contributed by atoms with van der Waals surface area (Å²) in [5, 5.41) is 4.53. The molecule has 0 aliphatic heterocycles. The van der Waals surface area contributed by atoms with Gasteiger partial charge in [0, 0.05) is 22.5 Å². The Bertz CT molecular complexity index is 1360. The van der Waals surface area contributed by atoms with Crippen LogP contribution >= 0.6 is 34.8 Å². The second-order valence-electron chi connectivity index (χ2n) is 6.72. The molecule has 0 atom stereocenters. The maximum absolute atomic E-state index is 13.4. The summed E-state index contributed by atoms with van der Waals surface area (Å²) in [6.45, 7) is 0. The zero-order valence-corrected chi connectivity index (χ0v) is 18.0. The molecule has 4 aromatic rings. The van der Waals surface area contributed by atoms with E-state index in [4.69, 9.17) is 34.8 Å².